The molecule has 0 fully saturated rings. The third-order valence-electron chi connectivity index (χ3n) is 5.03. The number of nitrogens with zero attached hydrogens (tertiary/aromatic N) is 1. The minimum absolute atomic E-state index is 0.0280. The number of carbonyl (C=O) groups excluding carboxylic acids is 3. The number of hydrogen-bond acceptors (Lipinski definition) is 7. The third-order valence-corrected chi connectivity index (χ3v) is 5.71. The Hall–Kier alpha value is -2.95. The Bertz CT molecular complexity index is 1050. The van der Waals surface area contributed by atoms with Crippen LogP contribution in [0.4, 0.5) is 10.5 Å². The highest BCUT2D eigenvalue weighted by Gasteiger charge is 2.36. The largest absolute Gasteiger partial charge is 0.508 e. The molecule has 9 nitrogen and oxygen atoms in total. The van der Waals surface area contributed by atoms with Gasteiger partial charge >= 0.3 is 6.09 Å². The third kappa shape index (κ3) is 8.04. The van der Waals surface area contributed by atoms with Crippen molar-refractivity contribution < 1.29 is 29.3 Å². The summed E-state index contributed by atoms with van der Waals surface area (Å²) in [6, 6.07) is 8.51. The SMILES string of the molecule is Cc1cccc(Cl)c1NC(=O)C(c1ccc(O)cc1)N(CCO)C(=O)C(CS)NC(=O)OC(C)(C)C. The summed E-state index contributed by atoms with van der Waals surface area (Å²) in [5.41, 5.74) is 0.662. The molecule has 0 aliphatic heterocycles. The number of rotatable bonds is 9. The van der Waals surface area contributed by atoms with E-state index in [0.717, 1.165) is 4.90 Å². The van der Waals surface area contributed by atoms with E-state index in [4.69, 9.17) is 16.3 Å². The Morgan fingerprint density at radius 1 is 1.14 bits per heavy atom. The van der Waals surface area contributed by atoms with E-state index in [9.17, 15) is 24.6 Å². The number of carbonyl (C=O) groups is 3. The van der Waals surface area contributed by atoms with E-state index < -0.39 is 42.2 Å². The number of aryl methyl sites for hydroxylation is 1. The smallest absolute Gasteiger partial charge is 0.408 e. The molecule has 0 saturated carbocycles. The lowest BCUT2D eigenvalue weighted by atomic mass is 10.0. The van der Waals surface area contributed by atoms with Crippen LogP contribution in [0, 0.1) is 6.92 Å². The number of amides is 3. The highest BCUT2D eigenvalue weighted by atomic mass is 35.5. The number of alkyl carbamates (subject to hydrolysis) is 1. The van der Waals surface area contributed by atoms with Crippen molar-refractivity contribution in [2.45, 2.75) is 45.4 Å². The lowest BCUT2D eigenvalue weighted by molar-refractivity contribution is -0.140. The molecule has 36 heavy (non-hydrogen) atoms. The van der Waals surface area contributed by atoms with Crippen molar-refractivity contribution >= 4 is 47.8 Å². The van der Waals surface area contributed by atoms with Gasteiger partial charge in [0, 0.05) is 12.3 Å². The average molecular weight is 538 g/mol. The van der Waals surface area contributed by atoms with Gasteiger partial charge in [-0.25, -0.2) is 4.79 Å². The van der Waals surface area contributed by atoms with E-state index in [1.807, 2.05) is 0 Å². The molecule has 11 heteroatoms. The maximum Gasteiger partial charge on any atom is 0.408 e. The van der Waals surface area contributed by atoms with Gasteiger partial charge < -0.3 is 30.5 Å². The average Bonchev–Trinajstić information content (AvgIpc) is 2.79. The molecule has 0 radical (unpaired) electrons. The number of thiol groups is 1. The summed E-state index contributed by atoms with van der Waals surface area (Å²) < 4.78 is 5.25. The van der Waals surface area contributed by atoms with Crippen LogP contribution < -0.4 is 10.6 Å². The normalized spacial score (nSPS) is 12.9. The van der Waals surface area contributed by atoms with Crippen molar-refractivity contribution in [3.63, 3.8) is 0 Å². The van der Waals surface area contributed by atoms with E-state index in [2.05, 4.69) is 23.3 Å². The first-order chi connectivity index (χ1) is 16.9. The highest BCUT2D eigenvalue weighted by Crippen LogP contribution is 2.30. The summed E-state index contributed by atoms with van der Waals surface area (Å²) >= 11 is 10.5. The Labute approximate surface area is 221 Å². The number of aromatic hydroxyl groups is 1. The number of benzene rings is 2. The second-order valence-electron chi connectivity index (χ2n) is 9.05. The van der Waals surface area contributed by atoms with E-state index in [1.165, 1.54) is 24.3 Å². The lowest BCUT2D eigenvalue weighted by Gasteiger charge is -2.34. The summed E-state index contributed by atoms with van der Waals surface area (Å²) in [5, 5.41) is 25.1. The molecule has 4 N–H and O–H groups in total. The molecule has 0 heterocycles. The van der Waals surface area contributed by atoms with Gasteiger partial charge in [0.2, 0.25) is 5.91 Å². The highest BCUT2D eigenvalue weighted by molar-refractivity contribution is 7.80. The summed E-state index contributed by atoms with van der Waals surface area (Å²) in [5.74, 6) is -1.38. The second-order valence-corrected chi connectivity index (χ2v) is 9.82. The van der Waals surface area contributed by atoms with Crippen molar-refractivity contribution in [1.29, 1.82) is 0 Å². The van der Waals surface area contributed by atoms with Gasteiger partial charge in [-0.1, -0.05) is 35.9 Å². The van der Waals surface area contributed by atoms with Crippen molar-refractivity contribution in [3.8, 4) is 5.75 Å². The molecule has 196 valence electrons. The summed E-state index contributed by atoms with van der Waals surface area (Å²) in [4.78, 5) is 40.7. The van der Waals surface area contributed by atoms with Gasteiger partial charge in [-0.3, -0.25) is 9.59 Å². The number of phenolic OH excluding ortho intramolecular Hbond substituents is 1. The fourth-order valence-electron chi connectivity index (χ4n) is 3.42. The van der Waals surface area contributed by atoms with Gasteiger partial charge in [-0.15, -0.1) is 0 Å². The van der Waals surface area contributed by atoms with Crippen LogP contribution in [0.2, 0.25) is 5.02 Å². The topological polar surface area (TPSA) is 128 Å². The van der Waals surface area contributed by atoms with Gasteiger partial charge in [0.1, 0.15) is 23.4 Å². The van der Waals surface area contributed by atoms with E-state index in [-0.39, 0.29) is 18.0 Å². The first-order valence-electron chi connectivity index (χ1n) is 11.2. The second kappa shape index (κ2) is 12.8. The minimum Gasteiger partial charge on any atom is -0.508 e. The molecule has 0 aromatic heterocycles. The van der Waals surface area contributed by atoms with Crippen LogP contribution >= 0.6 is 24.2 Å². The zero-order chi connectivity index (χ0) is 27.0. The molecule has 2 atom stereocenters. The number of ether oxygens (including phenoxy) is 1. The predicted molar refractivity (Wildman–Crippen MR) is 141 cm³/mol. The van der Waals surface area contributed by atoms with Gasteiger partial charge in [-0.05, 0) is 57.0 Å². The zero-order valence-corrected chi connectivity index (χ0v) is 22.3. The molecule has 2 rings (SSSR count). The number of phenols is 1. The molecule has 0 aliphatic carbocycles. The quantitative estimate of drug-likeness (QED) is 0.310. The van der Waals surface area contributed by atoms with Crippen molar-refractivity contribution in [2.75, 3.05) is 24.2 Å². The predicted octanol–water partition coefficient (Wildman–Crippen LogP) is 3.68. The van der Waals surface area contributed by atoms with Crippen LogP contribution in [0.3, 0.4) is 0 Å². The van der Waals surface area contributed by atoms with Crippen molar-refractivity contribution in [1.82, 2.24) is 10.2 Å². The molecular weight excluding hydrogens is 506 g/mol. The van der Waals surface area contributed by atoms with Gasteiger partial charge in [0.25, 0.3) is 5.91 Å². The Morgan fingerprint density at radius 3 is 2.31 bits per heavy atom. The van der Waals surface area contributed by atoms with E-state index in [0.29, 0.717) is 21.8 Å². The Kier molecular flexibility index (Phi) is 10.4. The van der Waals surface area contributed by atoms with Gasteiger partial charge in [0.15, 0.2) is 0 Å². The maximum atomic E-state index is 13.6. The first kappa shape index (κ1) is 29.3. The van der Waals surface area contributed by atoms with Crippen LogP contribution in [0.1, 0.15) is 37.9 Å². The van der Waals surface area contributed by atoms with E-state index >= 15 is 0 Å². The standard InChI is InChI=1S/C25H32ClN3O6S/c1-15-6-5-7-18(26)20(15)28-22(32)21(16-8-10-17(31)11-9-16)29(12-13-30)23(33)19(14-36)27-24(34)35-25(2,3)4/h5-11,19,21,30-31,36H,12-14H2,1-4H3,(H,27,34)(H,28,32). The minimum atomic E-state index is -1.23. The van der Waals surface area contributed by atoms with Gasteiger partial charge in [-0.2, -0.15) is 12.6 Å². The monoisotopic (exact) mass is 537 g/mol. The van der Waals surface area contributed by atoms with Gasteiger partial charge in [0.05, 0.1) is 17.3 Å². The summed E-state index contributed by atoms with van der Waals surface area (Å²) in [6.07, 6.45) is -0.823. The van der Waals surface area contributed by atoms with Crippen LogP contribution in [-0.4, -0.2) is 63.6 Å². The first-order valence-corrected chi connectivity index (χ1v) is 12.3. The molecule has 0 bridgehead atoms. The number of aliphatic hydroxyl groups excluding tert-OH is 1. The van der Waals surface area contributed by atoms with E-state index in [1.54, 1.807) is 45.9 Å². The molecule has 0 spiro atoms. The summed E-state index contributed by atoms with van der Waals surface area (Å²) in [6.45, 7) is 6.15. The number of anilines is 1. The Morgan fingerprint density at radius 2 is 1.78 bits per heavy atom. The van der Waals surface area contributed by atoms with Crippen LogP contribution in [-0.2, 0) is 14.3 Å². The summed E-state index contributed by atoms with van der Waals surface area (Å²) in [7, 11) is 0. The number of hydrogen-bond donors (Lipinski definition) is 5. The molecule has 2 unspecified atom stereocenters. The fourth-order valence-corrected chi connectivity index (χ4v) is 3.94. The molecular formula is C25H32ClN3O6S. The fraction of sp³-hybridized carbons (Fsp3) is 0.400. The molecule has 2 aromatic carbocycles. The maximum absolute atomic E-state index is 13.6. The van der Waals surface area contributed by atoms with Crippen LogP contribution in [0.15, 0.2) is 42.5 Å². The van der Waals surface area contributed by atoms with Crippen LogP contribution in [0.5, 0.6) is 5.75 Å². The molecule has 3 amide bonds. The Balaban J connectivity index is 2.47. The zero-order valence-electron chi connectivity index (χ0n) is 20.6. The number of halogens is 1. The van der Waals surface area contributed by atoms with Crippen LogP contribution in [0.25, 0.3) is 0 Å². The molecule has 0 aliphatic rings. The molecule has 0 saturated heterocycles. The number of aliphatic hydroxyl groups is 1. The van der Waals surface area contributed by atoms with Crippen molar-refractivity contribution in [2.24, 2.45) is 0 Å². The number of para-hydroxylation sites is 1. The van der Waals surface area contributed by atoms with Crippen molar-refractivity contribution in [3.05, 3.63) is 58.6 Å². The number of nitrogens with one attached hydrogen (secondary N) is 2. The lowest BCUT2D eigenvalue weighted by Crippen LogP contribution is -2.53. The molecule has 2 aromatic rings.